The molecule has 1 amide bonds. The number of H-pyrrole nitrogens is 1. The predicted molar refractivity (Wildman–Crippen MR) is 49.2 cm³/mol. The van der Waals surface area contributed by atoms with Crippen LogP contribution >= 0.6 is 0 Å². The Morgan fingerprint density at radius 2 is 2.08 bits per heavy atom. The summed E-state index contributed by atoms with van der Waals surface area (Å²) < 4.78 is 0. The predicted octanol–water partition coefficient (Wildman–Crippen LogP) is 1.10. The number of hydrogen-bond donors (Lipinski definition) is 2. The zero-order chi connectivity index (χ0) is 10.1. The smallest absolute Gasteiger partial charge is 0.248 e. The van der Waals surface area contributed by atoms with Crippen molar-refractivity contribution in [3.8, 4) is 0 Å². The third kappa shape index (κ3) is 2.54. The number of amides is 1. The molecule has 0 atom stereocenters. The molecule has 1 aromatic heterocycles. The summed E-state index contributed by atoms with van der Waals surface area (Å²) in [4.78, 5) is 15.4. The van der Waals surface area contributed by atoms with E-state index in [0.29, 0.717) is 11.8 Å². The second kappa shape index (κ2) is 3.16. The van der Waals surface area contributed by atoms with Crippen molar-refractivity contribution >= 4 is 11.9 Å². The molecule has 0 fully saturated rings. The first-order valence-electron chi connectivity index (χ1n) is 4.10. The molecule has 0 aliphatic heterocycles. The maximum atomic E-state index is 11.4. The Balaban J connectivity index is 2.65. The van der Waals surface area contributed by atoms with Gasteiger partial charge in [0.25, 0.3) is 0 Å². The van der Waals surface area contributed by atoms with E-state index in [1.807, 2.05) is 20.8 Å². The van der Waals surface area contributed by atoms with Gasteiger partial charge in [-0.3, -0.25) is 15.2 Å². The van der Waals surface area contributed by atoms with Crippen molar-refractivity contribution in [3.05, 3.63) is 5.82 Å². The van der Waals surface area contributed by atoms with Gasteiger partial charge in [-0.05, 0) is 6.92 Å². The highest BCUT2D eigenvalue weighted by Gasteiger charge is 2.22. The second-order valence-electron chi connectivity index (χ2n) is 3.95. The molecule has 5 heteroatoms. The van der Waals surface area contributed by atoms with Crippen LogP contribution in [0.5, 0.6) is 0 Å². The van der Waals surface area contributed by atoms with Gasteiger partial charge in [0.2, 0.25) is 11.9 Å². The van der Waals surface area contributed by atoms with Crippen molar-refractivity contribution in [2.75, 3.05) is 5.32 Å². The fourth-order valence-corrected chi connectivity index (χ4v) is 0.688. The number of nitrogens with zero attached hydrogens (tertiary/aromatic N) is 2. The van der Waals surface area contributed by atoms with Gasteiger partial charge in [0, 0.05) is 5.41 Å². The lowest BCUT2D eigenvalue weighted by Gasteiger charge is -2.15. The fraction of sp³-hybridized carbons (Fsp3) is 0.625. The Hall–Kier alpha value is -1.39. The molecule has 1 heterocycles. The van der Waals surface area contributed by atoms with Crippen LogP contribution in [-0.4, -0.2) is 21.1 Å². The molecule has 0 unspecified atom stereocenters. The minimum Gasteiger partial charge on any atom is -0.293 e. The highest BCUT2D eigenvalue weighted by atomic mass is 16.2. The monoisotopic (exact) mass is 182 g/mol. The van der Waals surface area contributed by atoms with Crippen LogP contribution in [0.15, 0.2) is 0 Å². The summed E-state index contributed by atoms with van der Waals surface area (Å²) in [5, 5.41) is 9.06. The Kier molecular flexibility index (Phi) is 2.36. The van der Waals surface area contributed by atoms with Crippen LogP contribution in [0.4, 0.5) is 5.95 Å². The van der Waals surface area contributed by atoms with Crippen LogP contribution < -0.4 is 5.32 Å². The highest BCUT2D eigenvalue weighted by Crippen LogP contribution is 2.14. The quantitative estimate of drug-likeness (QED) is 0.683. The molecular weight excluding hydrogens is 168 g/mol. The summed E-state index contributed by atoms with van der Waals surface area (Å²) in [5.74, 6) is 0.924. The standard InChI is InChI=1S/C8H14N4O/c1-5-9-7(12-11-5)10-6(13)8(2,3)4/h1-4H3,(H2,9,10,11,12,13). The van der Waals surface area contributed by atoms with E-state index < -0.39 is 5.41 Å². The average molecular weight is 182 g/mol. The largest absolute Gasteiger partial charge is 0.293 e. The lowest BCUT2D eigenvalue weighted by Crippen LogP contribution is -2.28. The van der Waals surface area contributed by atoms with Gasteiger partial charge >= 0.3 is 0 Å². The first kappa shape index (κ1) is 9.70. The van der Waals surface area contributed by atoms with Crippen molar-refractivity contribution < 1.29 is 4.79 Å². The zero-order valence-electron chi connectivity index (χ0n) is 8.30. The van der Waals surface area contributed by atoms with Crippen LogP contribution in [0.2, 0.25) is 0 Å². The SMILES string of the molecule is Cc1nc(NC(=O)C(C)(C)C)n[nH]1. The minimum atomic E-state index is -0.422. The summed E-state index contributed by atoms with van der Waals surface area (Å²) in [5.41, 5.74) is -0.422. The molecule has 0 aromatic carbocycles. The van der Waals surface area contributed by atoms with E-state index in [1.54, 1.807) is 6.92 Å². The molecule has 1 aromatic rings. The average Bonchev–Trinajstić information content (AvgIpc) is 2.33. The lowest BCUT2D eigenvalue weighted by atomic mass is 9.96. The van der Waals surface area contributed by atoms with E-state index in [-0.39, 0.29) is 5.91 Å². The first-order valence-corrected chi connectivity index (χ1v) is 4.10. The highest BCUT2D eigenvalue weighted by molar-refractivity contribution is 5.92. The van der Waals surface area contributed by atoms with Gasteiger partial charge in [0.15, 0.2) is 0 Å². The number of anilines is 1. The number of aryl methyl sites for hydroxylation is 1. The Morgan fingerprint density at radius 1 is 1.46 bits per heavy atom. The third-order valence-corrected chi connectivity index (χ3v) is 1.50. The molecule has 0 bridgehead atoms. The normalized spacial score (nSPS) is 11.4. The van der Waals surface area contributed by atoms with Gasteiger partial charge in [-0.1, -0.05) is 20.8 Å². The molecule has 0 spiro atoms. The van der Waals surface area contributed by atoms with Crippen LogP contribution in [0.1, 0.15) is 26.6 Å². The number of rotatable bonds is 1. The number of carbonyl (C=O) groups is 1. The lowest BCUT2D eigenvalue weighted by molar-refractivity contribution is -0.123. The summed E-state index contributed by atoms with van der Waals surface area (Å²) in [6.07, 6.45) is 0. The van der Waals surface area contributed by atoms with Crippen LogP contribution in [0.3, 0.4) is 0 Å². The van der Waals surface area contributed by atoms with Crippen LogP contribution in [0.25, 0.3) is 0 Å². The topological polar surface area (TPSA) is 70.7 Å². The van der Waals surface area contributed by atoms with E-state index in [0.717, 1.165) is 0 Å². The van der Waals surface area contributed by atoms with E-state index in [4.69, 9.17) is 0 Å². The van der Waals surface area contributed by atoms with Gasteiger partial charge in [0.05, 0.1) is 0 Å². The Bertz CT molecular complexity index is 310. The third-order valence-electron chi connectivity index (χ3n) is 1.50. The number of aromatic nitrogens is 3. The fourth-order valence-electron chi connectivity index (χ4n) is 0.688. The van der Waals surface area contributed by atoms with Crippen molar-refractivity contribution in [2.45, 2.75) is 27.7 Å². The maximum Gasteiger partial charge on any atom is 0.248 e. The van der Waals surface area contributed by atoms with Gasteiger partial charge in [0.1, 0.15) is 5.82 Å². The van der Waals surface area contributed by atoms with Gasteiger partial charge in [-0.15, -0.1) is 5.10 Å². The van der Waals surface area contributed by atoms with E-state index in [9.17, 15) is 4.79 Å². The van der Waals surface area contributed by atoms with E-state index >= 15 is 0 Å². The second-order valence-corrected chi connectivity index (χ2v) is 3.95. The van der Waals surface area contributed by atoms with Crippen molar-refractivity contribution in [1.82, 2.24) is 15.2 Å². The Morgan fingerprint density at radius 3 is 2.46 bits per heavy atom. The molecule has 2 N–H and O–H groups in total. The number of aromatic amines is 1. The molecule has 0 radical (unpaired) electrons. The van der Waals surface area contributed by atoms with Gasteiger partial charge < -0.3 is 0 Å². The number of nitrogens with one attached hydrogen (secondary N) is 2. The maximum absolute atomic E-state index is 11.4. The molecule has 1 rings (SSSR count). The molecule has 0 saturated carbocycles. The molecule has 13 heavy (non-hydrogen) atoms. The van der Waals surface area contributed by atoms with Crippen LogP contribution in [-0.2, 0) is 4.79 Å². The molecule has 5 nitrogen and oxygen atoms in total. The van der Waals surface area contributed by atoms with Crippen molar-refractivity contribution in [2.24, 2.45) is 5.41 Å². The summed E-state index contributed by atoms with van der Waals surface area (Å²) in [6, 6.07) is 0. The summed E-state index contributed by atoms with van der Waals surface area (Å²) in [6.45, 7) is 7.28. The first-order chi connectivity index (χ1) is 5.89. The van der Waals surface area contributed by atoms with Gasteiger partial charge in [-0.2, -0.15) is 4.98 Å². The minimum absolute atomic E-state index is 0.0912. The molecule has 0 aliphatic carbocycles. The van der Waals surface area contributed by atoms with Crippen molar-refractivity contribution in [3.63, 3.8) is 0 Å². The zero-order valence-corrected chi connectivity index (χ0v) is 8.30. The molecular formula is C8H14N4O. The number of carbonyl (C=O) groups excluding carboxylic acids is 1. The molecule has 72 valence electrons. The molecule has 0 aliphatic rings. The van der Waals surface area contributed by atoms with Gasteiger partial charge in [-0.25, -0.2) is 0 Å². The van der Waals surface area contributed by atoms with Crippen LogP contribution in [0, 0.1) is 12.3 Å². The Labute approximate surface area is 76.9 Å². The van der Waals surface area contributed by atoms with E-state index in [2.05, 4.69) is 20.5 Å². The van der Waals surface area contributed by atoms with E-state index in [1.165, 1.54) is 0 Å². The van der Waals surface area contributed by atoms with Crippen molar-refractivity contribution in [1.29, 1.82) is 0 Å². The number of hydrogen-bond acceptors (Lipinski definition) is 3. The summed E-state index contributed by atoms with van der Waals surface area (Å²) in [7, 11) is 0. The summed E-state index contributed by atoms with van der Waals surface area (Å²) >= 11 is 0. The molecule has 0 saturated heterocycles.